The normalized spacial score (nSPS) is 13.9. The number of nitrogens with zero attached hydrogens (tertiary/aromatic N) is 3. The SMILES string of the molecule is CCn1c(SCC(=O)Nc2c(C(C)=O)oc3ccccc23)nnc1C1CC1. The van der Waals surface area contributed by atoms with Gasteiger partial charge in [-0.05, 0) is 31.9 Å². The largest absolute Gasteiger partial charge is 0.451 e. The van der Waals surface area contributed by atoms with E-state index in [4.69, 9.17) is 4.42 Å². The Morgan fingerprint density at radius 1 is 1.30 bits per heavy atom. The summed E-state index contributed by atoms with van der Waals surface area (Å²) in [5, 5.41) is 12.8. The number of carbonyl (C=O) groups excluding carboxylic acids is 2. The average molecular weight is 384 g/mol. The summed E-state index contributed by atoms with van der Waals surface area (Å²) in [7, 11) is 0. The molecule has 7 nitrogen and oxygen atoms in total. The summed E-state index contributed by atoms with van der Waals surface area (Å²) in [5.74, 6) is 1.43. The van der Waals surface area contributed by atoms with E-state index in [0.717, 1.165) is 30.4 Å². The smallest absolute Gasteiger partial charge is 0.234 e. The Balaban J connectivity index is 1.50. The van der Waals surface area contributed by atoms with Gasteiger partial charge >= 0.3 is 0 Å². The third-order valence-corrected chi connectivity index (χ3v) is 5.48. The van der Waals surface area contributed by atoms with Crippen LogP contribution in [0.3, 0.4) is 0 Å². The van der Waals surface area contributed by atoms with Crippen LogP contribution in [0.5, 0.6) is 0 Å². The summed E-state index contributed by atoms with van der Waals surface area (Å²) >= 11 is 1.35. The Hall–Kier alpha value is -2.61. The lowest BCUT2D eigenvalue weighted by Crippen LogP contribution is -2.16. The maximum Gasteiger partial charge on any atom is 0.234 e. The highest BCUT2D eigenvalue weighted by Crippen LogP contribution is 2.40. The number of anilines is 1. The number of aromatic nitrogens is 3. The van der Waals surface area contributed by atoms with Gasteiger partial charge in [0.2, 0.25) is 5.91 Å². The van der Waals surface area contributed by atoms with Crippen LogP contribution in [0.1, 0.15) is 49.0 Å². The van der Waals surface area contributed by atoms with E-state index < -0.39 is 0 Å². The van der Waals surface area contributed by atoms with E-state index in [1.165, 1.54) is 18.7 Å². The van der Waals surface area contributed by atoms with Crippen LogP contribution in [-0.4, -0.2) is 32.2 Å². The minimum atomic E-state index is -0.228. The van der Waals surface area contributed by atoms with Crippen LogP contribution >= 0.6 is 11.8 Å². The first-order valence-corrected chi connectivity index (χ1v) is 9.95. The fourth-order valence-corrected chi connectivity index (χ4v) is 3.88. The fourth-order valence-electron chi connectivity index (χ4n) is 3.07. The number of hydrogen-bond acceptors (Lipinski definition) is 6. The minimum absolute atomic E-state index is 0.169. The molecule has 2 aromatic heterocycles. The number of benzene rings is 1. The maximum absolute atomic E-state index is 12.5. The van der Waals surface area contributed by atoms with Crippen molar-refractivity contribution in [3.8, 4) is 0 Å². The van der Waals surface area contributed by atoms with E-state index in [0.29, 0.717) is 22.6 Å². The molecule has 0 aliphatic heterocycles. The number of furan rings is 1. The molecule has 2 heterocycles. The summed E-state index contributed by atoms with van der Waals surface area (Å²) in [4.78, 5) is 24.4. The quantitative estimate of drug-likeness (QED) is 0.491. The van der Waals surface area contributed by atoms with Gasteiger partial charge in [-0.3, -0.25) is 9.59 Å². The highest BCUT2D eigenvalue weighted by Gasteiger charge is 2.30. The van der Waals surface area contributed by atoms with Crippen molar-refractivity contribution >= 4 is 40.1 Å². The van der Waals surface area contributed by atoms with Crippen LogP contribution in [-0.2, 0) is 11.3 Å². The van der Waals surface area contributed by atoms with Crippen molar-refractivity contribution in [2.24, 2.45) is 0 Å². The average Bonchev–Trinajstić information content (AvgIpc) is 3.32. The molecule has 1 aliphatic carbocycles. The highest BCUT2D eigenvalue weighted by molar-refractivity contribution is 7.99. The van der Waals surface area contributed by atoms with Crippen LogP contribution in [0, 0.1) is 0 Å². The van der Waals surface area contributed by atoms with Gasteiger partial charge in [0.1, 0.15) is 11.4 Å². The van der Waals surface area contributed by atoms with Crippen molar-refractivity contribution in [2.75, 3.05) is 11.1 Å². The van der Waals surface area contributed by atoms with E-state index in [-0.39, 0.29) is 23.2 Å². The molecule has 0 unspecified atom stereocenters. The number of rotatable bonds is 7. The molecule has 0 spiro atoms. The van der Waals surface area contributed by atoms with Gasteiger partial charge in [-0.2, -0.15) is 0 Å². The highest BCUT2D eigenvalue weighted by atomic mass is 32.2. The zero-order chi connectivity index (χ0) is 19.0. The summed E-state index contributed by atoms with van der Waals surface area (Å²) in [6.45, 7) is 4.25. The Kier molecular flexibility index (Phi) is 4.73. The summed E-state index contributed by atoms with van der Waals surface area (Å²) in [6, 6.07) is 7.26. The lowest BCUT2D eigenvalue weighted by atomic mass is 10.2. The summed E-state index contributed by atoms with van der Waals surface area (Å²) < 4.78 is 7.67. The van der Waals surface area contributed by atoms with E-state index in [1.54, 1.807) is 6.07 Å². The van der Waals surface area contributed by atoms with E-state index in [9.17, 15) is 9.59 Å². The first kappa shape index (κ1) is 17.8. The monoisotopic (exact) mass is 384 g/mol. The van der Waals surface area contributed by atoms with Crippen molar-refractivity contribution in [1.29, 1.82) is 0 Å². The number of hydrogen-bond donors (Lipinski definition) is 1. The number of carbonyl (C=O) groups is 2. The van der Waals surface area contributed by atoms with Gasteiger partial charge in [-0.1, -0.05) is 23.9 Å². The zero-order valence-electron chi connectivity index (χ0n) is 15.2. The second-order valence-corrected chi connectivity index (χ2v) is 7.50. The number of Topliss-reactive ketones (excluding diaryl/α,β-unsaturated/α-hetero) is 1. The second kappa shape index (κ2) is 7.19. The molecule has 0 bridgehead atoms. The van der Waals surface area contributed by atoms with Gasteiger partial charge in [0, 0.05) is 24.8 Å². The topological polar surface area (TPSA) is 90.0 Å². The van der Waals surface area contributed by atoms with Gasteiger partial charge < -0.3 is 14.3 Å². The van der Waals surface area contributed by atoms with E-state index in [2.05, 4.69) is 27.0 Å². The molecule has 1 aromatic carbocycles. The Labute approximate surface area is 160 Å². The molecule has 27 heavy (non-hydrogen) atoms. The van der Waals surface area contributed by atoms with Crippen molar-refractivity contribution in [3.63, 3.8) is 0 Å². The summed E-state index contributed by atoms with van der Waals surface area (Å²) in [6.07, 6.45) is 2.31. The molecule has 140 valence electrons. The molecule has 1 saturated carbocycles. The maximum atomic E-state index is 12.5. The van der Waals surface area contributed by atoms with Crippen LogP contribution < -0.4 is 5.32 Å². The number of nitrogens with one attached hydrogen (secondary N) is 1. The third kappa shape index (κ3) is 3.49. The number of thioether (sulfide) groups is 1. The molecule has 3 aromatic rings. The Bertz CT molecular complexity index is 1020. The molecule has 0 saturated heterocycles. The van der Waals surface area contributed by atoms with Gasteiger partial charge in [-0.15, -0.1) is 10.2 Å². The number of amides is 1. The lowest BCUT2D eigenvalue weighted by Gasteiger charge is -2.07. The van der Waals surface area contributed by atoms with Crippen molar-refractivity contribution in [3.05, 3.63) is 35.9 Å². The van der Waals surface area contributed by atoms with Crippen LogP contribution in [0.2, 0.25) is 0 Å². The zero-order valence-corrected chi connectivity index (χ0v) is 16.0. The van der Waals surface area contributed by atoms with Crippen LogP contribution in [0.4, 0.5) is 5.69 Å². The fraction of sp³-hybridized carbons (Fsp3) is 0.368. The van der Waals surface area contributed by atoms with Crippen molar-refractivity contribution in [2.45, 2.75) is 44.3 Å². The van der Waals surface area contributed by atoms with Gasteiger partial charge in [0.25, 0.3) is 0 Å². The molecule has 1 fully saturated rings. The van der Waals surface area contributed by atoms with Crippen LogP contribution in [0.25, 0.3) is 11.0 Å². The Morgan fingerprint density at radius 3 is 2.78 bits per heavy atom. The van der Waals surface area contributed by atoms with Crippen molar-refractivity contribution in [1.82, 2.24) is 14.8 Å². The molecular weight excluding hydrogens is 364 g/mol. The number of para-hydroxylation sites is 1. The third-order valence-electron chi connectivity index (χ3n) is 4.52. The van der Waals surface area contributed by atoms with E-state index in [1.807, 2.05) is 18.2 Å². The van der Waals surface area contributed by atoms with Gasteiger partial charge in [0.15, 0.2) is 16.7 Å². The minimum Gasteiger partial charge on any atom is -0.451 e. The first-order valence-electron chi connectivity index (χ1n) is 8.96. The van der Waals surface area contributed by atoms with Gasteiger partial charge in [0.05, 0.1) is 11.4 Å². The molecular formula is C19H20N4O3S. The second-order valence-electron chi connectivity index (χ2n) is 6.55. The molecule has 1 aliphatic rings. The molecule has 1 N–H and O–H groups in total. The molecule has 4 rings (SSSR count). The van der Waals surface area contributed by atoms with E-state index >= 15 is 0 Å². The number of ketones is 1. The predicted molar refractivity (Wildman–Crippen MR) is 103 cm³/mol. The molecule has 1 amide bonds. The summed E-state index contributed by atoms with van der Waals surface area (Å²) in [5.41, 5.74) is 1.00. The lowest BCUT2D eigenvalue weighted by molar-refractivity contribution is -0.113. The standard InChI is InChI=1S/C19H20N4O3S/c1-3-23-18(12-8-9-12)21-22-19(23)27-10-15(25)20-16-13-6-4-5-7-14(13)26-17(16)11(2)24/h4-7,12H,3,8-10H2,1-2H3,(H,20,25). The molecule has 8 heteroatoms. The van der Waals surface area contributed by atoms with Crippen LogP contribution in [0.15, 0.2) is 33.8 Å². The molecule has 0 radical (unpaired) electrons. The molecule has 0 atom stereocenters. The Morgan fingerprint density at radius 2 is 2.07 bits per heavy atom. The van der Waals surface area contributed by atoms with Gasteiger partial charge in [-0.25, -0.2) is 0 Å². The number of fused-ring (bicyclic) bond motifs is 1. The predicted octanol–water partition coefficient (Wildman–Crippen LogP) is 3.86. The first-order chi connectivity index (χ1) is 13.1. The van der Waals surface area contributed by atoms with Crippen molar-refractivity contribution < 1.29 is 14.0 Å².